The van der Waals surface area contributed by atoms with Crippen molar-refractivity contribution in [3.8, 4) is 0 Å². The van der Waals surface area contributed by atoms with E-state index in [2.05, 4.69) is 45.4 Å². The summed E-state index contributed by atoms with van der Waals surface area (Å²) in [6.07, 6.45) is 5.76. The van der Waals surface area contributed by atoms with Gasteiger partial charge in [-0.25, -0.2) is 4.98 Å². The lowest BCUT2D eigenvalue weighted by Crippen LogP contribution is -2.42. The Bertz CT molecular complexity index is 528. The van der Waals surface area contributed by atoms with E-state index in [1.165, 1.54) is 31.4 Å². The summed E-state index contributed by atoms with van der Waals surface area (Å²) >= 11 is 0. The van der Waals surface area contributed by atoms with Gasteiger partial charge >= 0.3 is 0 Å². The first-order chi connectivity index (χ1) is 9.31. The number of likely N-dealkylation sites (N-methyl/N-ethyl adjacent to an activating group) is 1. The molecule has 102 valence electrons. The zero-order chi connectivity index (χ0) is 13.1. The third-order valence-corrected chi connectivity index (χ3v) is 3.88. The molecule has 1 aliphatic rings. The summed E-state index contributed by atoms with van der Waals surface area (Å²) in [5, 5.41) is 3.60. The lowest BCUT2D eigenvalue weighted by molar-refractivity contribution is 0.256. The van der Waals surface area contributed by atoms with Crippen LogP contribution in [0.3, 0.4) is 0 Å². The van der Waals surface area contributed by atoms with Crippen molar-refractivity contribution in [3.63, 3.8) is 0 Å². The van der Waals surface area contributed by atoms with E-state index in [9.17, 15) is 0 Å². The van der Waals surface area contributed by atoms with Gasteiger partial charge in [0, 0.05) is 19.1 Å². The standard InChI is InChI=1S/C15H22N4/c1-19(10-13-4-2-3-7-16-13)9-12-5-6-14-15(8-12)18-11-17-14/h5-6,8,11,13,16H,2-4,7,9-10H2,1H3,(H,17,18). The summed E-state index contributed by atoms with van der Waals surface area (Å²) in [6.45, 7) is 3.30. The molecule has 3 rings (SSSR count). The Balaban J connectivity index is 1.59. The van der Waals surface area contributed by atoms with Crippen LogP contribution in [0, 0.1) is 0 Å². The quantitative estimate of drug-likeness (QED) is 0.883. The first-order valence-corrected chi connectivity index (χ1v) is 7.15. The van der Waals surface area contributed by atoms with Crippen molar-refractivity contribution in [3.05, 3.63) is 30.1 Å². The number of aromatic amines is 1. The second kappa shape index (κ2) is 5.72. The maximum absolute atomic E-state index is 4.25. The zero-order valence-corrected chi connectivity index (χ0v) is 11.5. The monoisotopic (exact) mass is 258 g/mol. The summed E-state index contributed by atoms with van der Waals surface area (Å²) in [4.78, 5) is 9.83. The van der Waals surface area contributed by atoms with Gasteiger partial charge in [0.1, 0.15) is 0 Å². The molecule has 1 fully saturated rings. The third kappa shape index (κ3) is 3.14. The van der Waals surface area contributed by atoms with E-state index in [0.717, 1.165) is 24.1 Å². The number of imidazole rings is 1. The molecule has 2 heterocycles. The molecule has 1 aromatic heterocycles. The fourth-order valence-electron chi connectivity index (χ4n) is 2.91. The predicted octanol–water partition coefficient (Wildman–Crippen LogP) is 2.14. The van der Waals surface area contributed by atoms with Crippen LogP contribution in [-0.4, -0.2) is 41.0 Å². The fourth-order valence-corrected chi connectivity index (χ4v) is 2.91. The number of benzene rings is 1. The minimum Gasteiger partial charge on any atom is -0.345 e. The van der Waals surface area contributed by atoms with Crippen molar-refractivity contribution in [1.82, 2.24) is 20.2 Å². The molecule has 1 atom stereocenters. The molecule has 1 aromatic carbocycles. The molecule has 0 saturated carbocycles. The summed E-state index contributed by atoms with van der Waals surface area (Å²) in [7, 11) is 2.20. The molecule has 0 radical (unpaired) electrons. The van der Waals surface area contributed by atoms with Crippen LogP contribution in [0.25, 0.3) is 11.0 Å². The molecular formula is C15H22N4. The second-order valence-electron chi connectivity index (χ2n) is 5.60. The van der Waals surface area contributed by atoms with Crippen LogP contribution in [0.15, 0.2) is 24.5 Å². The van der Waals surface area contributed by atoms with Crippen LogP contribution in [0.1, 0.15) is 24.8 Å². The number of fused-ring (bicyclic) bond motifs is 1. The highest BCUT2D eigenvalue weighted by molar-refractivity contribution is 5.74. The summed E-state index contributed by atoms with van der Waals surface area (Å²) in [6, 6.07) is 7.13. The van der Waals surface area contributed by atoms with Gasteiger partial charge in [-0.3, -0.25) is 0 Å². The summed E-state index contributed by atoms with van der Waals surface area (Å²) < 4.78 is 0. The van der Waals surface area contributed by atoms with Crippen molar-refractivity contribution in [2.45, 2.75) is 31.8 Å². The number of hydrogen-bond donors (Lipinski definition) is 2. The minimum absolute atomic E-state index is 0.662. The Kier molecular flexibility index (Phi) is 3.80. The first kappa shape index (κ1) is 12.6. The van der Waals surface area contributed by atoms with Crippen molar-refractivity contribution in [2.75, 3.05) is 20.1 Å². The molecule has 19 heavy (non-hydrogen) atoms. The molecule has 4 nitrogen and oxygen atoms in total. The number of nitrogens with zero attached hydrogens (tertiary/aromatic N) is 2. The van der Waals surface area contributed by atoms with Crippen LogP contribution in [-0.2, 0) is 6.54 Å². The molecule has 0 bridgehead atoms. The topological polar surface area (TPSA) is 44.0 Å². The van der Waals surface area contributed by atoms with Crippen LogP contribution in [0.4, 0.5) is 0 Å². The number of H-pyrrole nitrogens is 1. The van der Waals surface area contributed by atoms with Crippen molar-refractivity contribution < 1.29 is 0 Å². The Labute approximate surface area is 114 Å². The number of rotatable bonds is 4. The van der Waals surface area contributed by atoms with Gasteiger partial charge in [-0.2, -0.15) is 0 Å². The zero-order valence-electron chi connectivity index (χ0n) is 11.5. The molecule has 0 spiro atoms. The average Bonchev–Trinajstić information content (AvgIpc) is 2.87. The van der Waals surface area contributed by atoms with Gasteiger partial charge in [-0.1, -0.05) is 12.5 Å². The van der Waals surface area contributed by atoms with Crippen molar-refractivity contribution in [1.29, 1.82) is 0 Å². The van der Waals surface area contributed by atoms with Crippen molar-refractivity contribution >= 4 is 11.0 Å². The van der Waals surface area contributed by atoms with E-state index in [4.69, 9.17) is 0 Å². The first-order valence-electron chi connectivity index (χ1n) is 7.15. The fraction of sp³-hybridized carbons (Fsp3) is 0.533. The highest BCUT2D eigenvalue weighted by Gasteiger charge is 2.14. The Morgan fingerprint density at radius 2 is 2.32 bits per heavy atom. The molecule has 0 amide bonds. The molecule has 1 saturated heterocycles. The minimum atomic E-state index is 0.662. The van der Waals surface area contributed by atoms with E-state index < -0.39 is 0 Å². The maximum Gasteiger partial charge on any atom is 0.0931 e. The molecule has 2 N–H and O–H groups in total. The molecule has 1 aliphatic heterocycles. The number of piperidine rings is 1. The van der Waals surface area contributed by atoms with Crippen LogP contribution >= 0.6 is 0 Å². The summed E-state index contributed by atoms with van der Waals surface area (Å²) in [5.41, 5.74) is 3.51. The SMILES string of the molecule is CN(Cc1ccc2nc[nH]c2c1)CC1CCCCN1. The van der Waals surface area contributed by atoms with E-state index in [1.54, 1.807) is 6.33 Å². The Morgan fingerprint density at radius 1 is 1.37 bits per heavy atom. The molecule has 4 heteroatoms. The van der Waals surface area contributed by atoms with E-state index in [0.29, 0.717) is 6.04 Å². The van der Waals surface area contributed by atoms with E-state index in [-0.39, 0.29) is 0 Å². The molecule has 2 aromatic rings. The van der Waals surface area contributed by atoms with Crippen LogP contribution < -0.4 is 5.32 Å². The van der Waals surface area contributed by atoms with Crippen LogP contribution in [0.2, 0.25) is 0 Å². The Hall–Kier alpha value is -1.39. The van der Waals surface area contributed by atoms with Gasteiger partial charge in [0.05, 0.1) is 17.4 Å². The van der Waals surface area contributed by atoms with Gasteiger partial charge in [-0.05, 0) is 44.1 Å². The lowest BCUT2D eigenvalue weighted by Gasteiger charge is -2.28. The Morgan fingerprint density at radius 3 is 3.16 bits per heavy atom. The number of nitrogens with one attached hydrogen (secondary N) is 2. The van der Waals surface area contributed by atoms with Gasteiger partial charge in [0.15, 0.2) is 0 Å². The van der Waals surface area contributed by atoms with Gasteiger partial charge in [0.2, 0.25) is 0 Å². The predicted molar refractivity (Wildman–Crippen MR) is 78.1 cm³/mol. The highest BCUT2D eigenvalue weighted by Crippen LogP contribution is 2.14. The highest BCUT2D eigenvalue weighted by atomic mass is 15.1. The normalized spacial score (nSPS) is 20.2. The molecule has 0 aliphatic carbocycles. The van der Waals surface area contributed by atoms with Gasteiger partial charge in [-0.15, -0.1) is 0 Å². The average molecular weight is 258 g/mol. The maximum atomic E-state index is 4.25. The summed E-state index contributed by atoms with van der Waals surface area (Å²) in [5.74, 6) is 0. The van der Waals surface area contributed by atoms with Gasteiger partial charge < -0.3 is 15.2 Å². The van der Waals surface area contributed by atoms with E-state index >= 15 is 0 Å². The lowest BCUT2D eigenvalue weighted by atomic mass is 10.0. The number of aromatic nitrogens is 2. The second-order valence-corrected chi connectivity index (χ2v) is 5.60. The third-order valence-electron chi connectivity index (χ3n) is 3.88. The molecule has 1 unspecified atom stereocenters. The molecular weight excluding hydrogens is 236 g/mol. The smallest absolute Gasteiger partial charge is 0.0931 e. The largest absolute Gasteiger partial charge is 0.345 e. The number of hydrogen-bond acceptors (Lipinski definition) is 3. The van der Waals surface area contributed by atoms with Crippen LogP contribution in [0.5, 0.6) is 0 Å². The van der Waals surface area contributed by atoms with Crippen molar-refractivity contribution in [2.24, 2.45) is 0 Å². The van der Waals surface area contributed by atoms with Gasteiger partial charge in [0.25, 0.3) is 0 Å². The van der Waals surface area contributed by atoms with E-state index in [1.807, 2.05) is 0 Å².